The summed E-state index contributed by atoms with van der Waals surface area (Å²) >= 11 is 0. The molecule has 0 saturated heterocycles. The van der Waals surface area contributed by atoms with Gasteiger partial charge in [-0.25, -0.2) is 0 Å². The lowest BCUT2D eigenvalue weighted by molar-refractivity contribution is -0.114. The van der Waals surface area contributed by atoms with Crippen molar-refractivity contribution in [2.75, 3.05) is 6.61 Å². The maximum Gasteiger partial charge on any atom is 0.261 e. The Hall–Kier alpha value is -2.56. The number of carbonyl (C=O) groups excluding carboxylic acids is 2. The third-order valence-corrected chi connectivity index (χ3v) is 9.88. The first-order valence-electron chi connectivity index (χ1n) is 9.06. The summed E-state index contributed by atoms with van der Waals surface area (Å²) in [6, 6.07) is 20.5. The second kappa shape index (κ2) is 7.59. The molecule has 0 aliphatic heterocycles. The van der Waals surface area contributed by atoms with Crippen molar-refractivity contribution in [1.29, 1.82) is 0 Å². The van der Waals surface area contributed by atoms with Gasteiger partial charge in [-0.15, -0.1) is 0 Å². The van der Waals surface area contributed by atoms with E-state index in [-0.39, 0.29) is 23.2 Å². The Kier molecular flexibility index (Phi) is 5.40. The number of rotatable bonds is 5. The smallest absolute Gasteiger partial charge is 0.261 e. The summed E-state index contributed by atoms with van der Waals surface area (Å²) in [6.07, 6.45) is 4.02. The van der Waals surface area contributed by atoms with Crippen molar-refractivity contribution in [3.05, 3.63) is 84.5 Å². The largest absolute Gasteiger partial charge is 0.403 e. The SMILES string of the molecule is CC(C)(C)[Si](OCC1=CC(=O)C=CC1=O)(c1ccccc1)c1ccccc1. The molecule has 3 nitrogen and oxygen atoms in total. The number of ketones is 2. The Morgan fingerprint density at radius 1 is 0.815 bits per heavy atom. The monoisotopic (exact) mass is 376 g/mol. The van der Waals surface area contributed by atoms with Crippen LogP contribution < -0.4 is 10.4 Å². The van der Waals surface area contributed by atoms with E-state index in [9.17, 15) is 9.59 Å². The van der Waals surface area contributed by atoms with Gasteiger partial charge in [-0.1, -0.05) is 81.4 Å². The number of benzene rings is 2. The highest BCUT2D eigenvalue weighted by Crippen LogP contribution is 2.37. The van der Waals surface area contributed by atoms with Crippen LogP contribution in [0.4, 0.5) is 0 Å². The van der Waals surface area contributed by atoms with E-state index in [1.165, 1.54) is 18.2 Å². The lowest BCUT2D eigenvalue weighted by atomic mass is 10.1. The molecule has 0 N–H and O–H groups in total. The van der Waals surface area contributed by atoms with Gasteiger partial charge in [-0.2, -0.15) is 0 Å². The van der Waals surface area contributed by atoms with E-state index in [2.05, 4.69) is 45.0 Å². The van der Waals surface area contributed by atoms with Crippen molar-refractivity contribution in [2.45, 2.75) is 25.8 Å². The highest BCUT2D eigenvalue weighted by molar-refractivity contribution is 6.99. The zero-order valence-corrected chi connectivity index (χ0v) is 16.9. The fourth-order valence-corrected chi connectivity index (χ4v) is 8.14. The summed E-state index contributed by atoms with van der Waals surface area (Å²) in [4.78, 5) is 23.9. The van der Waals surface area contributed by atoms with Crippen LogP contribution in [0.3, 0.4) is 0 Å². The molecule has 1 aliphatic rings. The van der Waals surface area contributed by atoms with Crippen molar-refractivity contribution >= 4 is 30.3 Å². The van der Waals surface area contributed by atoms with Crippen LogP contribution in [-0.2, 0) is 14.0 Å². The zero-order valence-electron chi connectivity index (χ0n) is 15.9. The molecule has 0 spiro atoms. The lowest BCUT2D eigenvalue weighted by Crippen LogP contribution is -2.66. The minimum absolute atomic E-state index is 0.127. The Morgan fingerprint density at radius 2 is 1.33 bits per heavy atom. The highest BCUT2D eigenvalue weighted by Gasteiger charge is 2.50. The third kappa shape index (κ3) is 3.77. The molecular formula is C23H24O3Si. The number of hydrogen-bond donors (Lipinski definition) is 0. The van der Waals surface area contributed by atoms with E-state index in [4.69, 9.17) is 4.43 Å². The van der Waals surface area contributed by atoms with Crippen LogP contribution in [0.25, 0.3) is 0 Å². The molecule has 0 fully saturated rings. The van der Waals surface area contributed by atoms with Crippen molar-refractivity contribution < 1.29 is 14.0 Å². The topological polar surface area (TPSA) is 43.4 Å². The van der Waals surface area contributed by atoms with Gasteiger partial charge in [-0.3, -0.25) is 9.59 Å². The van der Waals surface area contributed by atoms with Crippen LogP contribution >= 0.6 is 0 Å². The maximum atomic E-state index is 12.2. The van der Waals surface area contributed by atoms with E-state index in [0.717, 1.165) is 10.4 Å². The van der Waals surface area contributed by atoms with Crippen LogP contribution in [0.1, 0.15) is 20.8 Å². The molecular weight excluding hydrogens is 352 g/mol. The summed E-state index contributed by atoms with van der Waals surface area (Å²) in [5, 5.41) is 2.12. The second-order valence-electron chi connectivity index (χ2n) is 7.72. The summed E-state index contributed by atoms with van der Waals surface area (Å²) in [7, 11) is -2.71. The molecule has 27 heavy (non-hydrogen) atoms. The van der Waals surface area contributed by atoms with E-state index in [0.29, 0.717) is 5.57 Å². The molecule has 2 aromatic carbocycles. The second-order valence-corrected chi connectivity index (χ2v) is 12.0. The molecule has 2 aromatic rings. The number of hydrogen-bond acceptors (Lipinski definition) is 3. The molecule has 3 rings (SSSR count). The fraction of sp³-hybridized carbons (Fsp3) is 0.217. The summed E-state index contributed by atoms with van der Waals surface area (Å²) in [5.41, 5.74) is 0.412. The van der Waals surface area contributed by atoms with Crippen molar-refractivity contribution in [3.63, 3.8) is 0 Å². The Labute approximate surface area is 161 Å². The van der Waals surface area contributed by atoms with Gasteiger partial charge >= 0.3 is 0 Å². The van der Waals surface area contributed by atoms with Gasteiger partial charge in [0.1, 0.15) is 0 Å². The quantitative estimate of drug-likeness (QED) is 0.595. The number of carbonyl (C=O) groups is 2. The van der Waals surface area contributed by atoms with Gasteiger partial charge in [0.2, 0.25) is 0 Å². The van der Waals surface area contributed by atoms with E-state index < -0.39 is 8.32 Å². The summed E-state index contributed by atoms with van der Waals surface area (Å²) < 4.78 is 6.69. The van der Waals surface area contributed by atoms with Crippen LogP contribution in [0.2, 0.25) is 5.04 Å². The van der Waals surface area contributed by atoms with E-state index in [1.807, 2.05) is 36.4 Å². The van der Waals surface area contributed by atoms with Crippen LogP contribution in [-0.4, -0.2) is 26.5 Å². The molecule has 4 heteroatoms. The van der Waals surface area contributed by atoms with Gasteiger partial charge < -0.3 is 4.43 Å². The van der Waals surface area contributed by atoms with E-state index in [1.54, 1.807) is 0 Å². The van der Waals surface area contributed by atoms with Gasteiger partial charge in [-0.05, 0) is 33.6 Å². The van der Waals surface area contributed by atoms with Crippen LogP contribution in [0, 0.1) is 0 Å². The van der Waals surface area contributed by atoms with Gasteiger partial charge in [0.15, 0.2) is 11.6 Å². The molecule has 0 saturated carbocycles. The van der Waals surface area contributed by atoms with Gasteiger partial charge in [0, 0.05) is 5.57 Å². The van der Waals surface area contributed by atoms with Gasteiger partial charge in [0.25, 0.3) is 8.32 Å². The first-order valence-corrected chi connectivity index (χ1v) is 11.0. The van der Waals surface area contributed by atoms with E-state index >= 15 is 0 Å². The third-order valence-electron chi connectivity index (χ3n) is 4.89. The molecule has 0 unspecified atom stereocenters. The molecule has 0 aromatic heterocycles. The van der Waals surface area contributed by atoms with Crippen LogP contribution in [0.5, 0.6) is 0 Å². The average molecular weight is 377 g/mol. The maximum absolute atomic E-state index is 12.2. The Morgan fingerprint density at radius 3 is 1.81 bits per heavy atom. The highest BCUT2D eigenvalue weighted by atomic mass is 28.4. The predicted molar refractivity (Wildman–Crippen MR) is 111 cm³/mol. The van der Waals surface area contributed by atoms with Gasteiger partial charge in [0.05, 0.1) is 6.61 Å². The molecule has 0 heterocycles. The van der Waals surface area contributed by atoms with Crippen molar-refractivity contribution in [2.24, 2.45) is 0 Å². The minimum Gasteiger partial charge on any atom is -0.403 e. The Bertz CT molecular complexity index is 851. The number of allylic oxidation sites excluding steroid dienone is 3. The molecule has 0 amide bonds. The first-order chi connectivity index (χ1) is 12.8. The Balaban J connectivity index is 2.10. The molecule has 138 valence electrons. The molecule has 1 aliphatic carbocycles. The summed E-state index contributed by atoms with van der Waals surface area (Å²) in [5.74, 6) is -0.330. The minimum atomic E-state index is -2.71. The van der Waals surface area contributed by atoms with Crippen LogP contribution in [0.15, 0.2) is 84.5 Å². The average Bonchev–Trinajstić information content (AvgIpc) is 2.65. The molecule has 0 atom stereocenters. The van der Waals surface area contributed by atoms with Crippen molar-refractivity contribution in [1.82, 2.24) is 0 Å². The normalized spacial score (nSPS) is 15.0. The first kappa shape index (κ1) is 19.2. The zero-order chi connectivity index (χ0) is 19.5. The fourth-order valence-electron chi connectivity index (χ4n) is 3.62. The van der Waals surface area contributed by atoms with Crippen molar-refractivity contribution in [3.8, 4) is 0 Å². The summed E-state index contributed by atoms with van der Waals surface area (Å²) in [6.45, 7) is 6.67. The lowest BCUT2D eigenvalue weighted by Gasteiger charge is -2.43. The molecule has 0 radical (unpaired) electrons. The predicted octanol–water partition coefficient (Wildman–Crippen LogP) is 3.20. The standard InChI is InChI=1S/C23H24O3Si/c1-23(2,3)27(20-10-6-4-7-11-20,21-12-8-5-9-13-21)26-17-18-16-19(24)14-15-22(18)25/h4-16H,17H2,1-3H3. The molecule has 0 bridgehead atoms.